The number of fused-ring (bicyclic) bond motifs is 2. The summed E-state index contributed by atoms with van der Waals surface area (Å²) in [6.45, 7) is 11.9. The Morgan fingerprint density at radius 1 is 0.907 bits per heavy atom. The smallest absolute Gasteiger partial charge is 0.333 e. The Balaban J connectivity index is 1.38. The van der Waals surface area contributed by atoms with Crippen molar-refractivity contribution in [2.75, 3.05) is 22.2 Å². The van der Waals surface area contributed by atoms with Crippen LogP contribution in [0.5, 0.6) is 11.5 Å². The van der Waals surface area contributed by atoms with Gasteiger partial charge in [0.15, 0.2) is 0 Å². The standard InChI is InChI=1S/C33H31N6O4/c1-21(2)32(42)43-18-17-22-13-15-31(41)29(19-22)39-36-26-11-7-8-12-27(26)37(39)33(3,4)23-14-16-30(40)28(20-23)38-34-24-9-5-6-10-25(24)35-38/h5-16,19-20,36,40-41H,1,3,17-18H2,2,4H3. The van der Waals surface area contributed by atoms with E-state index in [9.17, 15) is 15.0 Å². The summed E-state index contributed by atoms with van der Waals surface area (Å²) in [6.07, 6.45) is 0.446. The van der Waals surface area contributed by atoms with Crippen LogP contribution in [0.3, 0.4) is 0 Å². The van der Waals surface area contributed by atoms with E-state index in [2.05, 4.69) is 29.1 Å². The van der Waals surface area contributed by atoms with Crippen molar-refractivity contribution >= 4 is 34.1 Å². The van der Waals surface area contributed by atoms with Gasteiger partial charge in [-0.15, -0.1) is 15.0 Å². The van der Waals surface area contributed by atoms with Crippen LogP contribution in [0.15, 0.2) is 97.1 Å². The van der Waals surface area contributed by atoms with E-state index in [-0.39, 0.29) is 18.1 Å². The van der Waals surface area contributed by atoms with E-state index in [0.29, 0.717) is 34.4 Å². The van der Waals surface area contributed by atoms with Gasteiger partial charge in [0.05, 0.1) is 23.5 Å². The average molecular weight is 576 g/mol. The Morgan fingerprint density at radius 3 is 2.28 bits per heavy atom. The molecule has 217 valence electrons. The van der Waals surface area contributed by atoms with Crippen LogP contribution < -0.4 is 15.6 Å². The lowest BCUT2D eigenvalue weighted by atomic mass is 9.92. The molecule has 0 bridgehead atoms. The van der Waals surface area contributed by atoms with Gasteiger partial charge in [0, 0.05) is 12.0 Å². The van der Waals surface area contributed by atoms with Crippen LogP contribution in [-0.2, 0) is 21.5 Å². The maximum absolute atomic E-state index is 11.8. The first-order chi connectivity index (χ1) is 20.6. The summed E-state index contributed by atoms with van der Waals surface area (Å²) in [5.41, 5.74) is 8.33. The monoisotopic (exact) mass is 575 g/mol. The first-order valence-corrected chi connectivity index (χ1v) is 13.8. The second-order valence-corrected chi connectivity index (χ2v) is 10.7. The van der Waals surface area contributed by atoms with E-state index in [1.807, 2.05) is 72.6 Å². The topological polar surface area (TPSA) is 116 Å². The van der Waals surface area contributed by atoms with Gasteiger partial charge in [-0.2, -0.15) is 5.12 Å². The third-order valence-electron chi connectivity index (χ3n) is 7.37. The molecule has 1 atom stereocenters. The number of phenolic OH excluding ortho intramolecular Hbond substituents is 2. The van der Waals surface area contributed by atoms with Gasteiger partial charge in [-0.1, -0.05) is 43.0 Å². The predicted octanol–water partition coefficient (Wildman–Crippen LogP) is 5.81. The summed E-state index contributed by atoms with van der Waals surface area (Å²) >= 11 is 0. The van der Waals surface area contributed by atoms with Crippen molar-refractivity contribution in [2.24, 2.45) is 0 Å². The number of anilines is 3. The molecular weight excluding hydrogens is 544 g/mol. The Morgan fingerprint density at radius 2 is 1.56 bits per heavy atom. The maximum atomic E-state index is 11.8. The molecule has 0 saturated heterocycles. The highest BCUT2D eigenvalue weighted by Gasteiger charge is 2.41. The molecule has 0 fully saturated rings. The highest BCUT2D eigenvalue weighted by molar-refractivity contribution is 5.87. The third-order valence-corrected chi connectivity index (χ3v) is 7.37. The summed E-state index contributed by atoms with van der Waals surface area (Å²) in [6, 6.07) is 25.7. The van der Waals surface area contributed by atoms with Crippen molar-refractivity contribution in [2.45, 2.75) is 25.8 Å². The van der Waals surface area contributed by atoms with Crippen molar-refractivity contribution < 1.29 is 19.7 Å². The molecule has 10 nitrogen and oxygen atoms in total. The number of hydrazine groups is 2. The zero-order valence-corrected chi connectivity index (χ0v) is 23.9. The van der Waals surface area contributed by atoms with Gasteiger partial charge in [-0.05, 0) is 80.4 Å². The summed E-state index contributed by atoms with van der Waals surface area (Å²) in [5.74, 6) is -0.377. The Labute approximate surface area is 249 Å². The molecule has 0 spiro atoms. The van der Waals surface area contributed by atoms with Crippen LogP contribution in [0.4, 0.5) is 17.1 Å². The van der Waals surface area contributed by atoms with Crippen LogP contribution in [0.1, 0.15) is 25.0 Å². The maximum Gasteiger partial charge on any atom is 0.333 e. The lowest BCUT2D eigenvalue weighted by molar-refractivity contribution is -0.138. The first-order valence-electron chi connectivity index (χ1n) is 13.8. The van der Waals surface area contributed by atoms with Gasteiger partial charge in [0.2, 0.25) is 0 Å². The van der Waals surface area contributed by atoms with Crippen molar-refractivity contribution in [3.63, 3.8) is 0 Å². The molecular formula is C33H31N6O4. The average Bonchev–Trinajstić information content (AvgIpc) is 3.60. The van der Waals surface area contributed by atoms with E-state index in [1.165, 1.54) is 4.80 Å². The fraction of sp³-hybridized carbons (Fsp3) is 0.152. The Bertz CT molecular complexity index is 1830. The molecule has 2 heterocycles. The van der Waals surface area contributed by atoms with E-state index in [1.54, 1.807) is 36.3 Å². The molecule has 0 amide bonds. The number of aromatic nitrogens is 3. The lowest BCUT2D eigenvalue weighted by Gasteiger charge is -2.43. The molecule has 1 aromatic heterocycles. The molecule has 5 aromatic rings. The van der Waals surface area contributed by atoms with E-state index in [0.717, 1.165) is 22.5 Å². The lowest BCUT2D eigenvalue weighted by Crippen LogP contribution is -2.52. The minimum Gasteiger partial charge on any atom is -0.506 e. The molecule has 3 N–H and O–H groups in total. The SMILES string of the molecule is [CH2]C(C)(c1ccc(O)c(-n2nc3ccccc3n2)c1)N1c2ccccc2NN1c1cc(CCOC(=O)C(=C)C)ccc1O. The molecule has 1 aliphatic heterocycles. The van der Waals surface area contributed by atoms with Gasteiger partial charge in [0.25, 0.3) is 0 Å². The number of aromatic hydroxyl groups is 2. The minimum atomic E-state index is -0.964. The van der Waals surface area contributed by atoms with Crippen molar-refractivity contribution in [1.82, 2.24) is 15.0 Å². The van der Waals surface area contributed by atoms with Crippen molar-refractivity contribution in [1.29, 1.82) is 0 Å². The van der Waals surface area contributed by atoms with Crippen LogP contribution in [0, 0.1) is 6.92 Å². The van der Waals surface area contributed by atoms with Gasteiger partial charge < -0.3 is 14.9 Å². The van der Waals surface area contributed by atoms with E-state index < -0.39 is 11.5 Å². The molecule has 43 heavy (non-hydrogen) atoms. The number of nitrogens with zero attached hydrogens (tertiary/aromatic N) is 5. The second kappa shape index (κ2) is 10.7. The largest absolute Gasteiger partial charge is 0.506 e. The summed E-state index contributed by atoms with van der Waals surface area (Å²) < 4.78 is 5.28. The van der Waals surface area contributed by atoms with E-state index >= 15 is 0 Å². The summed E-state index contributed by atoms with van der Waals surface area (Å²) in [5, 5.41) is 34.6. The number of esters is 1. The normalized spacial score (nSPS) is 12.7. The van der Waals surface area contributed by atoms with Gasteiger partial charge in [0.1, 0.15) is 33.9 Å². The van der Waals surface area contributed by atoms with Crippen molar-refractivity contribution in [3.8, 4) is 17.2 Å². The number of carbonyl (C=O) groups excluding carboxylic acids is 1. The number of rotatable bonds is 8. The Kier molecular flexibility index (Phi) is 6.89. The van der Waals surface area contributed by atoms with E-state index in [4.69, 9.17) is 4.74 Å². The zero-order valence-electron chi connectivity index (χ0n) is 23.9. The molecule has 6 rings (SSSR count). The number of phenols is 2. The molecule has 0 saturated carbocycles. The fourth-order valence-corrected chi connectivity index (χ4v) is 5.07. The molecule has 1 aliphatic rings. The van der Waals surface area contributed by atoms with Gasteiger partial charge >= 0.3 is 5.97 Å². The van der Waals surface area contributed by atoms with Crippen LogP contribution >= 0.6 is 0 Å². The molecule has 1 unspecified atom stereocenters. The fourth-order valence-electron chi connectivity index (χ4n) is 5.07. The number of carbonyl (C=O) groups is 1. The predicted molar refractivity (Wildman–Crippen MR) is 166 cm³/mol. The van der Waals surface area contributed by atoms with Crippen LogP contribution in [0.2, 0.25) is 0 Å². The highest BCUT2D eigenvalue weighted by Crippen LogP contribution is 2.46. The number of para-hydroxylation sites is 2. The summed E-state index contributed by atoms with van der Waals surface area (Å²) in [4.78, 5) is 13.3. The first kappa shape index (κ1) is 27.6. The Hall–Kier alpha value is -5.51. The number of hydrogen-bond acceptors (Lipinski definition) is 9. The second-order valence-electron chi connectivity index (χ2n) is 10.7. The van der Waals surface area contributed by atoms with Gasteiger partial charge in [-0.25, -0.2) is 4.79 Å². The molecule has 0 aliphatic carbocycles. The zero-order chi connectivity index (χ0) is 30.3. The number of benzene rings is 4. The summed E-state index contributed by atoms with van der Waals surface area (Å²) in [7, 11) is 0. The minimum absolute atomic E-state index is 0.0225. The third kappa shape index (κ3) is 5.07. The number of nitrogens with one attached hydrogen (secondary N) is 1. The quantitative estimate of drug-likeness (QED) is 0.156. The molecule has 10 heteroatoms. The van der Waals surface area contributed by atoms with Crippen molar-refractivity contribution in [3.05, 3.63) is 115 Å². The van der Waals surface area contributed by atoms with Gasteiger partial charge in [-0.3, -0.25) is 10.4 Å². The number of hydrogen-bond donors (Lipinski definition) is 3. The highest BCUT2D eigenvalue weighted by atomic mass is 16.5. The number of ether oxygens (including phenoxy) is 1. The molecule has 1 radical (unpaired) electrons. The van der Waals surface area contributed by atoms with Crippen LogP contribution in [-0.4, -0.2) is 37.8 Å². The molecule has 4 aromatic carbocycles. The van der Waals surface area contributed by atoms with Crippen LogP contribution in [0.25, 0.3) is 16.7 Å².